The molecule has 1 aromatic carbocycles. The standard InChI is InChI=1S/C15H21N3O2/c1-16-15(20)12-4-2-3-5-13(12)18-14(19)10-11-6-8-17-9-7-11/h2-5,11,17H,6-10H2,1H3,(H,16,20)(H,18,19). The third kappa shape index (κ3) is 3.81. The first-order valence-electron chi connectivity index (χ1n) is 7.02. The fourth-order valence-electron chi connectivity index (χ4n) is 2.47. The molecule has 108 valence electrons. The van der Waals surface area contributed by atoms with Crippen molar-refractivity contribution in [1.82, 2.24) is 10.6 Å². The molecule has 5 nitrogen and oxygen atoms in total. The number of piperidine rings is 1. The van der Waals surface area contributed by atoms with E-state index in [2.05, 4.69) is 16.0 Å². The van der Waals surface area contributed by atoms with E-state index in [1.807, 2.05) is 6.07 Å². The Morgan fingerprint density at radius 3 is 2.65 bits per heavy atom. The van der Waals surface area contributed by atoms with Gasteiger partial charge < -0.3 is 16.0 Å². The maximum Gasteiger partial charge on any atom is 0.253 e. The number of hydrogen-bond acceptors (Lipinski definition) is 3. The zero-order chi connectivity index (χ0) is 14.4. The maximum atomic E-state index is 12.1. The van der Waals surface area contributed by atoms with Crippen molar-refractivity contribution in [2.75, 3.05) is 25.5 Å². The molecule has 1 aliphatic rings. The minimum atomic E-state index is -0.192. The van der Waals surface area contributed by atoms with Crippen LogP contribution in [0.5, 0.6) is 0 Å². The molecule has 0 aromatic heterocycles. The Bertz CT molecular complexity index is 482. The van der Waals surface area contributed by atoms with Crippen LogP contribution in [0.4, 0.5) is 5.69 Å². The minimum Gasteiger partial charge on any atom is -0.355 e. The van der Waals surface area contributed by atoms with Gasteiger partial charge in [-0.05, 0) is 44.0 Å². The average Bonchev–Trinajstić information content (AvgIpc) is 2.48. The van der Waals surface area contributed by atoms with E-state index >= 15 is 0 Å². The van der Waals surface area contributed by atoms with Crippen molar-refractivity contribution in [3.63, 3.8) is 0 Å². The fraction of sp³-hybridized carbons (Fsp3) is 0.467. The Kier molecular flexibility index (Phi) is 5.12. The summed E-state index contributed by atoms with van der Waals surface area (Å²) in [7, 11) is 1.58. The lowest BCUT2D eigenvalue weighted by atomic mass is 9.94. The summed E-state index contributed by atoms with van der Waals surface area (Å²) >= 11 is 0. The molecule has 5 heteroatoms. The molecule has 0 bridgehead atoms. The van der Waals surface area contributed by atoms with E-state index in [-0.39, 0.29) is 11.8 Å². The average molecular weight is 275 g/mol. The molecule has 0 radical (unpaired) electrons. The highest BCUT2D eigenvalue weighted by atomic mass is 16.2. The highest BCUT2D eigenvalue weighted by Gasteiger charge is 2.18. The summed E-state index contributed by atoms with van der Waals surface area (Å²) in [6, 6.07) is 7.06. The number of rotatable bonds is 4. The van der Waals surface area contributed by atoms with Crippen molar-refractivity contribution in [2.45, 2.75) is 19.3 Å². The van der Waals surface area contributed by atoms with Gasteiger partial charge >= 0.3 is 0 Å². The van der Waals surface area contributed by atoms with Crippen molar-refractivity contribution < 1.29 is 9.59 Å². The summed E-state index contributed by atoms with van der Waals surface area (Å²) in [6.45, 7) is 1.96. The molecular weight excluding hydrogens is 254 g/mol. The van der Waals surface area contributed by atoms with Crippen LogP contribution in [0.3, 0.4) is 0 Å². The van der Waals surface area contributed by atoms with Crippen molar-refractivity contribution in [3.8, 4) is 0 Å². The van der Waals surface area contributed by atoms with Gasteiger partial charge in [0.1, 0.15) is 0 Å². The number of para-hydroxylation sites is 1. The van der Waals surface area contributed by atoms with Gasteiger partial charge in [0.05, 0.1) is 11.3 Å². The Morgan fingerprint density at radius 1 is 1.25 bits per heavy atom. The van der Waals surface area contributed by atoms with Crippen molar-refractivity contribution in [1.29, 1.82) is 0 Å². The van der Waals surface area contributed by atoms with Gasteiger partial charge in [0, 0.05) is 13.5 Å². The molecule has 20 heavy (non-hydrogen) atoms. The quantitative estimate of drug-likeness (QED) is 0.777. The molecule has 1 heterocycles. The third-order valence-electron chi connectivity index (χ3n) is 3.61. The lowest BCUT2D eigenvalue weighted by Crippen LogP contribution is -2.30. The molecule has 0 atom stereocenters. The zero-order valence-corrected chi connectivity index (χ0v) is 11.7. The van der Waals surface area contributed by atoms with Crippen LogP contribution in [-0.2, 0) is 4.79 Å². The number of carbonyl (C=O) groups is 2. The molecule has 1 aromatic rings. The first-order valence-corrected chi connectivity index (χ1v) is 7.02. The van der Waals surface area contributed by atoms with Gasteiger partial charge in [0.25, 0.3) is 5.91 Å². The van der Waals surface area contributed by atoms with E-state index in [4.69, 9.17) is 0 Å². The Hall–Kier alpha value is -1.88. The van der Waals surface area contributed by atoms with E-state index in [9.17, 15) is 9.59 Å². The second kappa shape index (κ2) is 7.05. The number of carbonyl (C=O) groups excluding carboxylic acids is 2. The van der Waals surface area contributed by atoms with Gasteiger partial charge in [0.15, 0.2) is 0 Å². The van der Waals surface area contributed by atoms with Crippen LogP contribution in [0, 0.1) is 5.92 Å². The molecule has 0 aliphatic carbocycles. The zero-order valence-electron chi connectivity index (χ0n) is 11.7. The van der Waals surface area contributed by atoms with E-state index in [0.717, 1.165) is 25.9 Å². The molecule has 2 rings (SSSR count). The summed E-state index contributed by atoms with van der Waals surface area (Å²) < 4.78 is 0. The monoisotopic (exact) mass is 275 g/mol. The largest absolute Gasteiger partial charge is 0.355 e. The number of hydrogen-bond donors (Lipinski definition) is 3. The molecule has 0 unspecified atom stereocenters. The van der Waals surface area contributed by atoms with Gasteiger partial charge in [-0.25, -0.2) is 0 Å². The van der Waals surface area contributed by atoms with Crippen molar-refractivity contribution in [2.24, 2.45) is 5.92 Å². The normalized spacial score (nSPS) is 15.7. The predicted octanol–water partition coefficient (Wildman–Crippen LogP) is 1.37. The smallest absolute Gasteiger partial charge is 0.253 e. The lowest BCUT2D eigenvalue weighted by Gasteiger charge is -2.22. The van der Waals surface area contributed by atoms with E-state index in [1.54, 1.807) is 25.2 Å². The topological polar surface area (TPSA) is 70.2 Å². The summed E-state index contributed by atoms with van der Waals surface area (Å²) in [4.78, 5) is 23.8. The third-order valence-corrected chi connectivity index (χ3v) is 3.61. The van der Waals surface area contributed by atoms with Crippen LogP contribution in [0.1, 0.15) is 29.6 Å². The minimum absolute atomic E-state index is 0.0201. The van der Waals surface area contributed by atoms with Crippen LogP contribution in [0.15, 0.2) is 24.3 Å². The maximum absolute atomic E-state index is 12.1. The van der Waals surface area contributed by atoms with Gasteiger partial charge in [-0.1, -0.05) is 12.1 Å². The molecule has 3 N–H and O–H groups in total. The van der Waals surface area contributed by atoms with Crippen LogP contribution in [-0.4, -0.2) is 32.0 Å². The number of benzene rings is 1. The molecular formula is C15H21N3O2. The molecule has 2 amide bonds. The van der Waals surface area contributed by atoms with Gasteiger partial charge in [-0.3, -0.25) is 9.59 Å². The van der Waals surface area contributed by atoms with Crippen LogP contribution >= 0.6 is 0 Å². The Morgan fingerprint density at radius 2 is 1.95 bits per heavy atom. The number of amides is 2. The summed E-state index contributed by atoms with van der Waals surface area (Å²) in [5.41, 5.74) is 1.07. The Balaban J connectivity index is 1.98. The first kappa shape index (κ1) is 14.5. The highest BCUT2D eigenvalue weighted by Crippen LogP contribution is 2.19. The van der Waals surface area contributed by atoms with Gasteiger partial charge in [-0.2, -0.15) is 0 Å². The summed E-state index contributed by atoms with van der Waals surface area (Å²) in [5, 5.41) is 8.72. The highest BCUT2D eigenvalue weighted by molar-refractivity contribution is 6.03. The molecule has 0 spiro atoms. The molecule has 1 fully saturated rings. The lowest BCUT2D eigenvalue weighted by molar-refractivity contribution is -0.117. The first-order chi connectivity index (χ1) is 9.70. The van der Waals surface area contributed by atoms with E-state index < -0.39 is 0 Å². The van der Waals surface area contributed by atoms with Gasteiger partial charge in [0.2, 0.25) is 5.91 Å². The predicted molar refractivity (Wildman–Crippen MR) is 78.7 cm³/mol. The van der Waals surface area contributed by atoms with Crippen molar-refractivity contribution >= 4 is 17.5 Å². The van der Waals surface area contributed by atoms with Gasteiger partial charge in [-0.15, -0.1) is 0 Å². The second-order valence-electron chi connectivity index (χ2n) is 5.07. The number of nitrogens with one attached hydrogen (secondary N) is 3. The molecule has 0 saturated carbocycles. The second-order valence-corrected chi connectivity index (χ2v) is 5.07. The molecule has 1 aliphatic heterocycles. The summed E-state index contributed by atoms with van der Waals surface area (Å²) in [5.74, 6) is 0.222. The number of anilines is 1. The van der Waals surface area contributed by atoms with E-state index in [1.165, 1.54) is 0 Å². The van der Waals surface area contributed by atoms with Crippen LogP contribution in [0.2, 0.25) is 0 Å². The summed E-state index contributed by atoms with van der Waals surface area (Å²) in [6.07, 6.45) is 2.58. The Labute approximate surface area is 119 Å². The molecule has 1 saturated heterocycles. The fourth-order valence-corrected chi connectivity index (χ4v) is 2.47. The SMILES string of the molecule is CNC(=O)c1ccccc1NC(=O)CC1CCNCC1. The van der Waals surface area contributed by atoms with Crippen LogP contribution in [0.25, 0.3) is 0 Å². The van der Waals surface area contributed by atoms with E-state index in [0.29, 0.717) is 23.6 Å². The van der Waals surface area contributed by atoms with Crippen LogP contribution < -0.4 is 16.0 Å². The van der Waals surface area contributed by atoms with Crippen molar-refractivity contribution in [3.05, 3.63) is 29.8 Å².